The molecule has 4 nitrogen and oxygen atoms in total. The number of rotatable bonds is 3. The number of carboxylic acids is 1. The second-order valence-electron chi connectivity index (χ2n) is 3.12. The Morgan fingerprint density at radius 1 is 1.60 bits per heavy atom. The highest BCUT2D eigenvalue weighted by Crippen LogP contribution is 2.27. The maximum Gasteiger partial charge on any atom is 0.323 e. The molecule has 1 aromatic heterocycles. The van der Waals surface area contributed by atoms with Gasteiger partial charge in [0.2, 0.25) is 0 Å². The third kappa shape index (κ3) is 2.70. The van der Waals surface area contributed by atoms with Crippen LogP contribution in [-0.2, 0) is 4.79 Å². The van der Waals surface area contributed by atoms with E-state index < -0.39 is 5.97 Å². The van der Waals surface area contributed by atoms with E-state index in [-0.39, 0.29) is 12.5 Å². The van der Waals surface area contributed by atoms with E-state index in [2.05, 4.69) is 0 Å². The number of aliphatic carboxylic acids is 1. The van der Waals surface area contributed by atoms with Gasteiger partial charge in [-0.1, -0.05) is 11.6 Å². The fourth-order valence-corrected chi connectivity index (χ4v) is 2.29. The first-order chi connectivity index (χ1) is 6.93. The summed E-state index contributed by atoms with van der Waals surface area (Å²) in [5, 5.41) is 10.7. The van der Waals surface area contributed by atoms with Gasteiger partial charge < -0.3 is 10.0 Å². The lowest BCUT2D eigenvalue weighted by atomic mass is 10.3. The molecule has 0 saturated carbocycles. The number of thiophene rings is 1. The first-order valence-corrected chi connectivity index (χ1v) is 5.40. The van der Waals surface area contributed by atoms with Crippen LogP contribution in [0, 0.1) is 6.92 Å². The molecule has 15 heavy (non-hydrogen) atoms. The van der Waals surface area contributed by atoms with Gasteiger partial charge in [-0.15, -0.1) is 11.3 Å². The minimum Gasteiger partial charge on any atom is -0.480 e. The first-order valence-electron chi connectivity index (χ1n) is 4.14. The van der Waals surface area contributed by atoms with Crippen molar-refractivity contribution in [3.8, 4) is 0 Å². The number of hydrogen-bond donors (Lipinski definition) is 1. The summed E-state index contributed by atoms with van der Waals surface area (Å²) < 4.78 is 0. The molecule has 0 unspecified atom stereocenters. The summed E-state index contributed by atoms with van der Waals surface area (Å²) in [7, 11) is 1.43. The summed E-state index contributed by atoms with van der Waals surface area (Å²) in [6.45, 7) is 1.47. The Bertz CT molecular complexity index is 402. The van der Waals surface area contributed by atoms with Gasteiger partial charge in [-0.2, -0.15) is 0 Å². The summed E-state index contributed by atoms with van der Waals surface area (Å²) >= 11 is 7.12. The highest BCUT2D eigenvalue weighted by Gasteiger charge is 2.19. The van der Waals surface area contributed by atoms with Gasteiger partial charge in [-0.05, 0) is 17.9 Å². The van der Waals surface area contributed by atoms with Crippen LogP contribution in [-0.4, -0.2) is 35.5 Å². The van der Waals surface area contributed by atoms with E-state index in [4.69, 9.17) is 16.7 Å². The standard InChI is InChI=1S/C9H10ClNO3S/c1-5-4-15-8(7(5)10)9(14)11(2)3-6(12)13/h4H,3H2,1-2H3,(H,12,13). The highest BCUT2D eigenvalue weighted by atomic mass is 35.5. The van der Waals surface area contributed by atoms with E-state index in [0.717, 1.165) is 10.5 Å². The lowest BCUT2D eigenvalue weighted by Crippen LogP contribution is -2.31. The molecule has 0 aromatic carbocycles. The topological polar surface area (TPSA) is 57.6 Å². The molecule has 0 bridgehead atoms. The number of carboxylic acid groups (broad SMARTS) is 1. The van der Waals surface area contributed by atoms with Crippen molar-refractivity contribution >= 4 is 34.8 Å². The van der Waals surface area contributed by atoms with Crippen LogP contribution in [0.25, 0.3) is 0 Å². The molecular formula is C9H10ClNO3S. The number of nitrogens with zero attached hydrogens (tertiary/aromatic N) is 1. The SMILES string of the molecule is Cc1csc(C(=O)N(C)CC(=O)O)c1Cl. The Morgan fingerprint density at radius 3 is 2.60 bits per heavy atom. The summed E-state index contributed by atoms with van der Waals surface area (Å²) in [4.78, 5) is 23.6. The predicted molar refractivity (Wildman–Crippen MR) is 58.7 cm³/mol. The largest absolute Gasteiger partial charge is 0.480 e. The van der Waals surface area contributed by atoms with E-state index in [1.54, 1.807) is 12.3 Å². The minimum atomic E-state index is -1.05. The van der Waals surface area contributed by atoms with Gasteiger partial charge in [0, 0.05) is 7.05 Å². The van der Waals surface area contributed by atoms with E-state index in [0.29, 0.717) is 9.90 Å². The van der Waals surface area contributed by atoms with Crippen molar-refractivity contribution in [3.05, 3.63) is 20.8 Å². The lowest BCUT2D eigenvalue weighted by molar-refractivity contribution is -0.137. The van der Waals surface area contributed by atoms with Gasteiger partial charge in [0.15, 0.2) is 0 Å². The molecule has 1 heterocycles. The Kier molecular flexibility index (Phi) is 3.71. The number of carbonyl (C=O) groups is 2. The number of carbonyl (C=O) groups excluding carboxylic acids is 1. The highest BCUT2D eigenvalue weighted by molar-refractivity contribution is 7.13. The summed E-state index contributed by atoms with van der Waals surface area (Å²) in [6, 6.07) is 0. The Balaban J connectivity index is 2.85. The molecule has 0 radical (unpaired) electrons. The molecule has 82 valence electrons. The van der Waals surface area contributed by atoms with E-state index >= 15 is 0 Å². The van der Waals surface area contributed by atoms with Crippen LogP contribution in [0.3, 0.4) is 0 Å². The fourth-order valence-electron chi connectivity index (χ4n) is 1.02. The molecule has 6 heteroatoms. The van der Waals surface area contributed by atoms with E-state index in [9.17, 15) is 9.59 Å². The lowest BCUT2D eigenvalue weighted by Gasteiger charge is -2.13. The van der Waals surface area contributed by atoms with E-state index in [1.807, 2.05) is 0 Å². The van der Waals surface area contributed by atoms with Crippen molar-refractivity contribution in [2.45, 2.75) is 6.92 Å². The van der Waals surface area contributed by atoms with Gasteiger partial charge in [-0.25, -0.2) is 0 Å². The first kappa shape index (κ1) is 12.0. The normalized spacial score (nSPS) is 10.1. The summed E-state index contributed by atoms with van der Waals surface area (Å²) in [6.07, 6.45) is 0. The van der Waals surface area contributed by atoms with Crippen molar-refractivity contribution in [1.82, 2.24) is 4.90 Å². The average molecular weight is 248 g/mol. The molecule has 0 saturated heterocycles. The number of hydrogen-bond acceptors (Lipinski definition) is 3. The third-order valence-electron chi connectivity index (χ3n) is 1.81. The molecule has 1 rings (SSSR count). The van der Waals surface area contributed by atoms with Crippen molar-refractivity contribution in [3.63, 3.8) is 0 Å². The zero-order valence-electron chi connectivity index (χ0n) is 8.28. The van der Waals surface area contributed by atoms with Crippen LogP contribution in [0.5, 0.6) is 0 Å². The van der Waals surface area contributed by atoms with Crippen molar-refractivity contribution in [1.29, 1.82) is 0 Å². The quantitative estimate of drug-likeness (QED) is 0.887. The van der Waals surface area contributed by atoms with Crippen LogP contribution in [0.2, 0.25) is 5.02 Å². The molecule has 0 atom stereocenters. The molecular weight excluding hydrogens is 238 g/mol. The van der Waals surface area contributed by atoms with Gasteiger partial charge in [0.05, 0.1) is 5.02 Å². The number of aryl methyl sites for hydroxylation is 1. The zero-order valence-corrected chi connectivity index (χ0v) is 9.85. The van der Waals surface area contributed by atoms with Crippen LogP contribution >= 0.6 is 22.9 Å². The number of amides is 1. The molecule has 1 N–H and O–H groups in total. The molecule has 0 spiro atoms. The maximum absolute atomic E-state index is 11.7. The maximum atomic E-state index is 11.7. The van der Waals surface area contributed by atoms with Gasteiger partial charge in [0.1, 0.15) is 11.4 Å². The molecule has 1 aromatic rings. The third-order valence-corrected chi connectivity index (χ3v) is 3.50. The molecule has 0 aliphatic rings. The van der Waals surface area contributed by atoms with Crippen LogP contribution < -0.4 is 0 Å². The van der Waals surface area contributed by atoms with Gasteiger partial charge >= 0.3 is 5.97 Å². The monoisotopic (exact) mass is 247 g/mol. The number of halogens is 1. The molecule has 0 fully saturated rings. The molecule has 1 amide bonds. The zero-order chi connectivity index (χ0) is 11.6. The summed E-state index contributed by atoms with van der Waals surface area (Å²) in [5.41, 5.74) is 0.828. The van der Waals surface area contributed by atoms with Crippen molar-refractivity contribution in [2.75, 3.05) is 13.6 Å². The predicted octanol–water partition coefficient (Wildman–Crippen LogP) is 1.87. The molecule has 0 aliphatic heterocycles. The average Bonchev–Trinajstić information content (AvgIpc) is 2.45. The number of likely N-dealkylation sites (N-methyl/N-ethyl adjacent to an activating group) is 1. The Hall–Kier alpha value is -1.07. The van der Waals surface area contributed by atoms with Gasteiger partial charge in [0.25, 0.3) is 5.91 Å². The fraction of sp³-hybridized carbons (Fsp3) is 0.333. The summed E-state index contributed by atoms with van der Waals surface area (Å²) in [5.74, 6) is -1.41. The second-order valence-corrected chi connectivity index (χ2v) is 4.37. The van der Waals surface area contributed by atoms with Crippen LogP contribution in [0.4, 0.5) is 0 Å². The van der Waals surface area contributed by atoms with Crippen LogP contribution in [0.1, 0.15) is 15.2 Å². The van der Waals surface area contributed by atoms with E-state index in [1.165, 1.54) is 18.4 Å². The van der Waals surface area contributed by atoms with Crippen LogP contribution in [0.15, 0.2) is 5.38 Å². The minimum absolute atomic E-state index is 0.327. The van der Waals surface area contributed by atoms with Gasteiger partial charge in [-0.3, -0.25) is 9.59 Å². The van der Waals surface area contributed by atoms with Crippen molar-refractivity contribution < 1.29 is 14.7 Å². The molecule has 0 aliphatic carbocycles. The smallest absolute Gasteiger partial charge is 0.323 e. The Labute approximate surface area is 96.1 Å². The Morgan fingerprint density at radius 2 is 2.20 bits per heavy atom. The second kappa shape index (κ2) is 4.63. The van der Waals surface area contributed by atoms with Crippen molar-refractivity contribution in [2.24, 2.45) is 0 Å².